The van der Waals surface area contributed by atoms with Crippen LogP contribution in [0.1, 0.15) is 25.8 Å². The third-order valence-corrected chi connectivity index (χ3v) is 2.64. The molecule has 0 aliphatic rings. The van der Waals surface area contributed by atoms with Gasteiger partial charge in [0.15, 0.2) is 0 Å². The molecule has 2 amide bonds. The van der Waals surface area contributed by atoms with E-state index in [1.807, 2.05) is 0 Å². The molecule has 0 unspecified atom stereocenters. The van der Waals surface area contributed by atoms with E-state index >= 15 is 0 Å². The number of rotatable bonds is 6. The summed E-state index contributed by atoms with van der Waals surface area (Å²) in [6, 6.07) is 6.42. The molecule has 1 rings (SSSR count). The summed E-state index contributed by atoms with van der Waals surface area (Å²) < 4.78 is 13.3. The van der Waals surface area contributed by atoms with Gasteiger partial charge < -0.3 is 10.6 Å². The Kier molecular flexibility index (Phi) is 6.19. The second-order valence-electron chi connectivity index (χ2n) is 4.71. The topological polar surface area (TPSA) is 41.1 Å². The Morgan fingerprint density at radius 1 is 1.22 bits per heavy atom. The van der Waals surface area contributed by atoms with Gasteiger partial charge in [0.05, 0.1) is 0 Å². The van der Waals surface area contributed by atoms with Crippen LogP contribution < -0.4 is 10.6 Å². The number of hydrogen-bond acceptors (Lipinski definition) is 1. The number of halogens is 1. The minimum Gasteiger partial charge on any atom is -0.338 e. The average molecular weight is 252 g/mol. The summed E-state index contributed by atoms with van der Waals surface area (Å²) in [7, 11) is 0. The Hall–Kier alpha value is -1.58. The molecule has 0 saturated heterocycles. The van der Waals surface area contributed by atoms with Gasteiger partial charge >= 0.3 is 6.03 Å². The highest BCUT2D eigenvalue weighted by molar-refractivity contribution is 5.73. The van der Waals surface area contributed by atoms with Crippen LogP contribution in [0.2, 0.25) is 0 Å². The fourth-order valence-corrected chi connectivity index (χ4v) is 1.55. The summed E-state index contributed by atoms with van der Waals surface area (Å²) in [5.74, 6) is 0.350. The molecular formula is C14H21FN2O. The fourth-order valence-electron chi connectivity index (χ4n) is 1.55. The highest BCUT2D eigenvalue weighted by Gasteiger charge is 2.03. The Bertz CT molecular complexity index is 380. The zero-order valence-corrected chi connectivity index (χ0v) is 11.0. The van der Waals surface area contributed by atoms with Gasteiger partial charge in [0, 0.05) is 13.1 Å². The lowest BCUT2D eigenvalue weighted by molar-refractivity contribution is 0.240. The van der Waals surface area contributed by atoms with Crippen molar-refractivity contribution in [2.24, 2.45) is 5.92 Å². The normalized spacial score (nSPS) is 10.4. The smallest absolute Gasteiger partial charge is 0.314 e. The van der Waals surface area contributed by atoms with Gasteiger partial charge in [-0.1, -0.05) is 32.0 Å². The summed E-state index contributed by atoms with van der Waals surface area (Å²) in [6.45, 7) is 5.33. The van der Waals surface area contributed by atoms with Crippen LogP contribution in [0.5, 0.6) is 0 Å². The SMILES string of the molecule is CC(C)CCNC(=O)NCCc1ccccc1F. The van der Waals surface area contributed by atoms with E-state index in [4.69, 9.17) is 0 Å². The second-order valence-corrected chi connectivity index (χ2v) is 4.71. The number of hydrogen-bond donors (Lipinski definition) is 2. The van der Waals surface area contributed by atoms with E-state index in [0.29, 0.717) is 31.0 Å². The molecule has 0 aliphatic carbocycles. The lowest BCUT2D eigenvalue weighted by atomic mass is 10.1. The maximum atomic E-state index is 13.3. The van der Waals surface area contributed by atoms with Crippen molar-refractivity contribution in [3.05, 3.63) is 35.6 Å². The molecule has 0 fully saturated rings. The van der Waals surface area contributed by atoms with Gasteiger partial charge in [-0.15, -0.1) is 0 Å². The predicted molar refractivity (Wildman–Crippen MR) is 71.0 cm³/mol. The Morgan fingerprint density at radius 2 is 1.89 bits per heavy atom. The zero-order valence-electron chi connectivity index (χ0n) is 11.0. The summed E-state index contributed by atoms with van der Waals surface area (Å²) >= 11 is 0. The highest BCUT2D eigenvalue weighted by atomic mass is 19.1. The number of benzene rings is 1. The van der Waals surface area contributed by atoms with E-state index in [1.54, 1.807) is 18.2 Å². The lowest BCUT2D eigenvalue weighted by Gasteiger charge is -2.09. The van der Waals surface area contributed by atoms with Gasteiger partial charge in [0.2, 0.25) is 0 Å². The van der Waals surface area contributed by atoms with Crippen molar-refractivity contribution in [1.29, 1.82) is 0 Å². The summed E-state index contributed by atoms with van der Waals surface area (Å²) in [5, 5.41) is 5.49. The zero-order chi connectivity index (χ0) is 13.4. The van der Waals surface area contributed by atoms with Crippen molar-refractivity contribution in [2.45, 2.75) is 26.7 Å². The number of urea groups is 1. The van der Waals surface area contributed by atoms with Crippen LogP contribution in [-0.4, -0.2) is 19.1 Å². The van der Waals surface area contributed by atoms with Crippen LogP contribution in [0.4, 0.5) is 9.18 Å². The van der Waals surface area contributed by atoms with Gasteiger partial charge in [-0.2, -0.15) is 0 Å². The van der Waals surface area contributed by atoms with Gasteiger partial charge in [-0.05, 0) is 30.4 Å². The van der Waals surface area contributed by atoms with Crippen molar-refractivity contribution >= 4 is 6.03 Å². The van der Waals surface area contributed by atoms with Crippen LogP contribution in [0.3, 0.4) is 0 Å². The molecule has 0 aliphatic heterocycles. The second kappa shape index (κ2) is 7.69. The third kappa shape index (κ3) is 5.66. The minimum absolute atomic E-state index is 0.188. The van der Waals surface area contributed by atoms with E-state index < -0.39 is 0 Å². The molecule has 18 heavy (non-hydrogen) atoms. The quantitative estimate of drug-likeness (QED) is 0.803. The highest BCUT2D eigenvalue weighted by Crippen LogP contribution is 2.05. The van der Waals surface area contributed by atoms with Crippen LogP contribution in [0.15, 0.2) is 24.3 Å². The molecule has 0 heterocycles. The van der Waals surface area contributed by atoms with Gasteiger partial charge in [0.1, 0.15) is 5.82 Å². The number of carbonyl (C=O) groups excluding carboxylic acids is 1. The maximum absolute atomic E-state index is 13.3. The van der Waals surface area contributed by atoms with Crippen LogP contribution in [0, 0.1) is 11.7 Å². The fraction of sp³-hybridized carbons (Fsp3) is 0.500. The first-order valence-electron chi connectivity index (χ1n) is 6.34. The first kappa shape index (κ1) is 14.5. The van der Waals surface area contributed by atoms with Crippen LogP contribution in [-0.2, 0) is 6.42 Å². The van der Waals surface area contributed by atoms with E-state index in [2.05, 4.69) is 24.5 Å². The van der Waals surface area contributed by atoms with E-state index in [0.717, 1.165) is 6.42 Å². The standard InChI is InChI=1S/C14H21FN2O/c1-11(2)7-9-16-14(18)17-10-8-12-5-3-4-6-13(12)15/h3-6,11H,7-10H2,1-2H3,(H2,16,17,18). The molecular weight excluding hydrogens is 231 g/mol. The number of nitrogens with one attached hydrogen (secondary N) is 2. The van der Waals surface area contributed by atoms with Crippen LogP contribution in [0.25, 0.3) is 0 Å². The van der Waals surface area contributed by atoms with Gasteiger partial charge in [-0.3, -0.25) is 0 Å². The average Bonchev–Trinajstić information content (AvgIpc) is 2.31. The van der Waals surface area contributed by atoms with Crippen molar-refractivity contribution < 1.29 is 9.18 Å². The summed E-state index contributed by atoms with van der Waals surface area (Å²) in [4.78, 5) is 11.4. The first-order valence-corrected chi connectivity index (χ1v) is 6.34. The number of amides is 2. The molecule has 0 radical (unpaired) electrons. The molecule has 100 valence electrons. The molecule has 0 saturated carbocycles. The molecule has 0 aromatic heterocycles. The maximum Gasteiger partial charge on any atom is 0.314 e. The van der Waals surface area contributed by atoms with Crippen molar-refractivity contribution in [2.75, 3.05) is 13.1 Å². The lowest BCUT2D eigenvalue weighted by Crippen LogP contribution is -2.37. The summed E-state index contributed by atoms with van der Waals surface area (Å²) in [5.41, 5.74) is 0.625. The Labute approximate surface area is 108 Å². The Morgan fingerprint density at radius 3 is 2.56 bits per heavy atom. The van der Waals surface area contributed by atoms with Crippen molar-refractivity contribution in [3.8, 4) is 0 Å². The first-order chi connectivity index (χ1) is 8.59. The molecule has 2 N–H and O–H groups in total. The molecule has 1 aromatic rings. The molecule has 0 bridgehead atoms. The van der Waals surface area contributed by atoms with E-state index in [1.165, 1.54) is 6.07 Å². The van der Waals surface area contributed by atoms with Gasteiger partial charge in [0.25, 0.3) is 0 Å². The predicted octanol–water partition coefficient (Wildman–Crippen LogP) is 2.71. The van der Waals surface area contributed by atoms with Gasteiger partial charge in [-0.25, -0.2) is 9.18 Å². The van der Waals surface area contributed by atoms with Crippen LogP contribution >= 0.6 is 0 Å². The molecule has 1 aromatic carbocycles. The van der Waals surface area contributed by atoms with Crippen molar-refractivity contribution in [1.82, 2.24) is 10.6 Å². The largest absolute Gasteiger partial charge is 0.338 e. The van der Waals surface area contributed by atoms with E-state index in [9.17, 15) is 9.18 Å². The molecule has 4 heteroatoms. The third-order valence-electron chi connectivity index (χ3n) is 2.64. The van der Waals surface area contributed by atoms with Crippen molar-refractivity contribution in [3.63, 3.8) is 0 Å². The Balaban J connectivity index is 2.18. The minimum atomic E-state index is -0.223. The monoisotopic (exact) mass is 252 g/mol. The molecule has 0 atom stereocenters. The summed E-state index contributed by atoms with van der Waals surface area (Å²) in [6.07, 6.45) is 1.46. The molecule has 3 nitrogen and oxygen atoms in total. The van der Waals surface area contributed by atoms with E-state index in [-0.39, 0.29) is 11.8 Å². The number of carbonyl (C=O) groups is 1. The molecule has 0 spiro atoms.